The zero-order valence-electron chi connectivity index (χ0n) is 22.3. The Morgan fingerprint density at radius 2 is 1.84 bits per heavy atom. The second-order valence-electron chi connectivity index (χ2n) is 11.3. The van der Waals surface area contributed by atoms with Gasteiger partial charge >= 0.3 is 5.97 Å². The first-order valence-corrected chi connectivity index (χ1v) is 13.1. The predicted octanol–water partition coefficient (Wildman–Crippen LogP) is 5.15. The number of fused-ring (bicyclic) bond motifs is 3. The Morgan fingerprint density at radius 1 is 1.11 bits per heavy atom. The highest BCUT2D eigenvalue weighted by atomic mass is 16.7. The average molecular weight is 525 g/mol. The van der Waals surface area contributed by atoms with Crippen molar-refractivity contribution in [1.29, 1.82) is 0 Å². The van der Waals surface area contributed by atoms with Gasteiger partial charge in [-0.05, 0) is 29.9 Å². The van der Waals surface area contributed by atoms with Crippen LogP contribution in [0.25, 0.3) is 0 Å². The number of benzene rings is 1. The Hall–Kier alpha value is -2.94. The Morgan fingerprint density at radius 3 is 2.50 bits per heavy atom. The van der Waals surface area contributed by atoms with E-state index in [4.69, 9.17) is 23.4 Å². The maximum absolute atomic E-state index is 14.4. The predicted molar refractivity (Wildman–Crippen MR) is 137 cm³/mol. The van der Waals surface area contributed by atoms with Gasteiger partial charge in [-0.3, -0.25) is 4.79 Å². The number of methoxy groups -OCH3 is 2. The molecule has 0 spiro atoms. The van der Waals surface area contributed by atoms with Crippen molar-refractivity contribution in [3.63, 3.8) is 0 Å². The minimum Gasteiger partial charge on any atom is -0.512 e. The van der Waals surface area contributed by atoms with Gasteiger partial charge in [0.1, 0.15) is 17.6 Å². The summed E-state index contributed by atoms with van der Waals surface area (Å²) in [7, 11) is 3.17. The van der Waals surface area contributed by atoms with Gasteiger partial charge in [-0.1, -0.05) is 44.2 Å². The Labute approximate surface area is 222 Å². The van der Waals surface area contributed by atoms with E-state index < -0.39 is 41.0 Å². The number of rotatable bonds is 8. The molecular weight excluding hydrogens is 488 g/mol. The molecule has 1 aromatic carbocycles. The molecule has 6 atom stereocenters. The summed E-state index contributed by atoms with van der Waals surface area (Å²) < 4.78 is 28.5. The van der Waals surface area contributed by atoms with Crippen molar-refractivity contribution in [2.45, 2.75) is 52.1 Å². The van der Waals surface area contributed by atoms with Gasteiger partial charge < -0.3 is 28.5 Å². The van der Waals surface area contributed by atoms with Gasteiger partial charge in [0.25, 0.3) is 0 Å². The molecule has 38 heavy (non-hydrogen) atoms. The maximum atomic E-state index is 14.4. The summed E-state index contributed by atoms with van der Waals surface area (Å²) in [6.07, 6.45) is 2.89. The molecule has 0 bridgehead atoms. The lowest BCUT2D eigenvalue weighted by molar-refractivity contribution is -0.210. The number of cyclic esters (lactones) is 1. The molecule has 8 nitrogen and oxygen atoms in total. The molecule has 1 saturated heterocycles. The van der Waals surface area contributed by atoms with Crippen LogP contribution < -0.4 is 0 Å². The highest BCUT2D eigenvalue weighted by Crippen LogP contribution is 2.65. The highest BCUT2D eigenvalue weighted by molar-refractivity contribution is 5.96. The van der Waals surface area contributed by atoms with Gasteiger partial charge in [0, 0.05) is 49.4 Å². The molecule has 1 N–H and O–H groups in total. The van der Waals surface area contributed by atoms with Crippen molar-refractivity contribution in [3.05, 3.63) is 71.4 Å². The third-order valence-electron chi connectivity index (χ3n) is 8.98. The van der Waals surface area contributed by atoms with Gasteiger partial charge in [0.15, 0.2) is 6.29 Å². The minimum absolute atomic E-state index is 0.0237. The van der Waals surface area contributed by atoms with Crippen molar-refractivity contribution in [2.75, 3.05) is 20.8 Å². The number of allylic oxidation sites excluding steroid dienone is 1. The standard InChI is InChI=1S/C30H36O8/c1-29-13-22(31)24-27(33)38-23(19-10-11-36-16-19)14-30(24,2)26(29)25(32)20(12-21(29)28(34-3)35-4)17-37-15-18-8-6-5-7-9-18/h5-11,16,20-21,23,26,28,31H,12-15,17H2,1-4H3/t20-,21+,23+,26+,29+,30+/m1/s1. The number of aliphatic hydroxyl groups excluding tert-OH is 1. The first kappa shape index (κ1) is 26.7. The fraction of sp³-hybridized carbons (Fsp3) is 0.533. The number of furan rings is 1. The normalized spacial score (nSPS) is 33.2. The molecule has 2 aliphatic carbocycles. The Bertz CT molecular complexity index is 1180. The van der Waals surface area contributed by atoms with Gasteiger partial charge in [-0.2, -0.15) is 0 Å². The van der Waals surface area contributed by atoms with Crippen LogP contribution in [0.4, 0.5) is 0 Å². The van der Waals surface area contributed by atoms with E-state index in [0.29, 0.717) is 19.4 Å². The summed E-state index contributed by atoms with van der Waals surface area (Å²) in [5.41, 5.74) is 0.267. The van der Waals surface area contributed by atoms with Crippen molar-refractivity contribution in [2.24, 2.45) is 28.6 Å². The van der Waals surface area contributed by atoms with Gasteiger partial charge in [-0.15, -0.1) is 0 Å². The minimum atomic E-state index is -0.964. The molecule has 8 heteroatoms. The number of ether oxygens (including phenoxy) is 4. The van der Waals surface area contributed by atoms with E-state index in [0.717, 1.165) is 11.1 Å². The van der Waals surface area contributed by atoms with Crippen LogP contribution in [0.5, 0.6) is 0 Å². The second kappa shape index (κ2) is 10.3. The maximum Gasteiger partial charge on any atom is 0.338 e. The topological polar surface area (TPSA) is 104 Å². The van der Waals surface area contributed by atoms with Gasteiger partial charge in [0.05, 0.1) is 31.3 Å². The second-order valence-corrected chi connectivity index (χ2v) is 11.3. The molecule has 1 saturated carbocycles. The van der Waals surface area contributed by atoms with Gasteiger partial charge in [0.2, 0.25) is 0 Å². The highest BCUT2D eigenvalue weighted by Gasteiger charge is 2.66. The van der Waals surface area contributed by atoms with E-state index in [-0.39, 0.29) is 36.1 Å². The van der Waals surface area contributed by atoms with Crippen molar-refractivity contribution >= 4 is 11.8 Å². The molecule has 1 aliphatic heterocycles. The third kappa shape index (κ3) is 4.38. The molecule has 0 amide bonds. The van der Waals surface area contributed by atoms with E-state index in [1.165, 1.54) is 6.26 Å². The van der Waals surface area contributed by atoms with Crippen LogP contribution in [0.1, 0.15) is 50.3 Å². The van der Waals surface area contributed by atoms with E-state index in [1.54, 1.807) is 26.5 Å². The smallest absolute Gasteiger partial charge is 0.338 e. The number of Topliss-reactive ketones (excluding diaryl/α,β-unsaturated/α-hetero) is 1. The summed E-state index contributed by atoms with van der Waals surface area (Å²) in [4.78, 5) is 27.7. The van der Waals surface area contributed by atoms with E-state index in [9.17, 15) is 14.7 Å². The lowest BCUT2D eigenvalue weighted by Gasteiger charge is -2.60. The van der Waals surface area contributed by atoms with E-state index in [2.05, 4.69) is 0 Å². The van der Waals surface area contributed by atoms with Crippen LogP contribution in [0.2, 0.25) is 0 Å². The molecule has 2 heterocycles. The first-order chi connectivity index (χ1) is 18.2. The van der Waals surface area contributed by atoms with E-state index in [1.807, 2.05) is 44.2 Å². The molecule has 5 rings (SSSR count). The number of carbonyl (C=O) groups is 2. The Kier molecular flexibility index (Phi) is 7.24. The van der Waals surface area contributed by atoms with Crippen LogP contribution in [0.15, 0.2) is 64.7 Å². The van der Waals surface area contributed by atoms with Crippen LogP contribution in [-0.4, -0.2) is 44.0 Å². The van der Waals surface area contributed by atoms with Crippen molar-refractivity contribution in [3.8, 4) is 0 Å². The summed E-state index contributed by atoms with van der Waals surface area (Å²) in [5.74, 6) is -1.80. The van der Waals surface area contributed by atoms with Crippen LogP contribution >= 0.6 is 0 Å². The first-order valence-electron chi connectivity index (χ1n) is 13.1. The van der Waals surface area contributed by atoms with Crippen molar-refractivity contribution in [1.82, 2.24) is 0 Å². The zero-order valence-corrected chi connectivity index (χ0v) is 22.3. The molecule has 0 radical (unpaired) electrons. The third-order valence-corrected chi connectivity index (χ3v) is 8.98. The molecule has 3 aliphatic rings. The van der Waals surface area contributed by atoms with Crippen molar-refractivity contribution < 1.29 is 38.1 Å². The largest absolute Gasteiger partial charge is 0.512 e. The van der Waals surface area contributed by atoms with Crippen LogP contribution in [0.3, 0.4) is 0 Å². The molecule has 204 valence electrons. The lowest BCUT2D eigenvalue weighted by atomic mass is 9.44. The molecule has 1 aromatic heterocycles. The number of ketones is 1. The number of hydrogen-bond donors (Lipinski definition) is 1. The van der Waals surface area contributed by atoms with Gasteiger partial charge in [-0.25, -0.2) is 4.79 Å². The van der Waals surface area contributed by atoms with Crippen LogP contribution in [-0.2, 0) is 35.1 Å². The zero-order chi connectivity index (χ0) is 27.1. The molecule has 2 aromatic rings. The molecule has 2 fully saturated rings. The van der Waals surface area contributed by atoms with Crippen LogP contribution in [0, 0.1) is 28.6 Å². The molecule has 0 unspecified atom stereocenters. The number of esters is 1. The molecular formula is C30H36O8. The summed E-state index contributed by atoms with van der Waals surface area (Å²) >= 11 is 0. The number of hydrogen-bond acceptors (Lipinski definition) is 8. The van der Waals surface area contributed by atoms with E-state index >= 15 is 0 Å². The lowest BCUT2D eigenvalue weighted by Crippen LogP contribution is -2.62. The number of aliphatic hydroxyl groups is 1. The fourth-order valence-corrected chi connectivity index (χ4v) is 7.38. The number of carbonyl (C=O) groups excluding carboxylic acids is 2. The fourth-order valence-electron chi connectivity index (χ4n) is 7.38. The summed E-state index contributed by atoms with van der Waals surface area (Å²) in [5, 5.41) is 11.3. The SMILES string of the molecule is COC(OC)[C@@H]1C[C@H](COCc2ccccc2)C(=O)[C@H]2[C@@]1(C)CC(O)=C1C(=O)O[C@H](c3ccoc3)C[C@@]12C. The monoisotopic (exact) mass is 524 g/mol. The Balaban J connectivity index is 1.53. The summed E-state index contributed by atoms with van der Waals surface area (Å²) in [6.45, 7) is 4.56. The quantitative estimate of drug-likeness (QED) is 0.373. The summed E-state index contributed by atoms with van der Waals surface area (Å²) in [6, 6.07) is 11.6. The average Bonchev–Trinajstić information content (AvgIpc) is 3.42.